The van der Waals surface area contributed by atoms with Crippen LogP contribution in [0, 0.1) is 22.0 Å². The second-order valence-corrected chi connectivity index (χ2v) is 3.29. The van der Waals surface area contributed by atoms with Gasteiger partial charge in [0.2, 0.25) is 5.70 Å². The van der Waals surface area contributed by atoms with E-state index < -0.39 is 0 Å². The van der Waals surface area contributed by atoms with Crippen molar-refractivity contribution in [1.82, 2.24) is 0 Å². The topological polar surface area (TPSA) is 43.1 Å². The quantitative estimate of drug-likeness (QED) is 0.430. The molecule has 2 atom stereocenters. The number of hydrogen-bond donors (Lipinski definition) is 0. The number of hydrogen-bond acceptors (Lipinski definition) is 2. The van der Waals surface area contributed by atoms with Crippen LogP contribution >= 0.6 is 0 Å². The summed E-state index contributed by atoms with van der Waals surface area (Å²) in [5.74, 6) is 0.961. The predicted octanol–water partition coefficient (Wildman–Crippen LogP) is 2.21. The average Bonchev–Trinajstić information content (AvgIpc) is 1.94. The lowest BCUT2D eigenvalue weighted by atomic mass is 9.85. The zero-order valence-corrected chi connectivity index (χ0v) is 6.91. The van der Waals surface area contributed by atoms with Gasteiger partial charge in [-0.15, -0.1) is 0 Å². The van der Waals surface area contributed by atoms with E-state index >= 15 is 0 Å². The van der Waals surface area contributed by atoms with Crippen LogP contribution in [0.1, 0.15) is 26.7 Å². The normalized spacial score (nSPS) is 31.3. The first-order valence-corrected chi connectivity index (χ1v) is 3.96. The van der Waals surface area contributed by atoms with Crippen LogP contribution < -0.4 is 0 Å². The second kappa shape index (κ2) is 3.03. The lowest BCUT2D eigenvalue weighted by Crippen LogP contribution is -2.15. The Bertz CT molecular complexity index is 198. The zero-order chi connectivity index (χ0) is 8.43. The molecule has 3 nitrogen and oxygen atoms in total. The Morgan fingerprint density at radius 3 is 2.73 bits per heavy atom. The molecule has 0 aliphatic heterocycles. The molecule has 11 heavy (non-hydrogen) atoms. The van der Waals surface area contributed by atoms with E-state index in [4.69, 9.17) is 0 Å². The molecule has 0 radical (unpaired) electrons. The maximum atomic E-state index is 10.3. The molecule has 1 rings (SSSR count). The highest BCUT2D eigenvalue weighted by atomic mass is 16.6. The van der Waals surface area contributed by atoms with Gasteiger partial charge in [-0.25, -0.2) is 0 Å². The molecule has 0 aromatic rings. The minimum Gasteiger partial charge on any atom is -0.259 e. The molecule has 0 N–H and O–H groups in total. The summed E-state index contributed by atoms with van der Waals surface area (Å²) in [5, 5.41) is 10.3. The fraction of sp³-hybridized carbons (Fsp3) is 0.750. The van der Waals surface area contributed by atoms with E-state index in [-0.39, 0.29) is 4.92 Å². The van der Waals surface area contributed by atoms with Crippen molar-refractivity contribution in [1.29, 1.82) is 0 Å². The minimum absolute atomic E-state index is 0.262. The Morgan fingerprint density at radius 1 is 1.64 bits per heavy atom. The molecular formula is C8H13NO2. The first-order valence-electron chi connectivity index (χ1n) is 3.96. The van der Waals surface area contributed by atoms with E-state index in [1.807, 2.05) is 6.92 Å². The van der Waals surface area contributed by atoms with Gasteiger partial charge in [0.15, 0.2) is 0 Å². The Kier molecular flexibility index (Phi) is 2.27. The zero-order valence-electron chi connectivity index (χ0n) is 6.91. The van der Waals surface area contributed by atoms with Crippen LogP contribution in [-0.4, -0.2) is 4.92 Å². The Morgan fingerprint density at radius 2 is 2.27 bits per heavy atom. The molecule has 0 fully saturated rings. The van der Waals surface area contributed by atoms with Crippen molar-refractivity contribution < 1.29 is 4.92 Å². The smallest absolute Gasteiger partial charge is 0.242 e. The Hall–Kier alpha value is -0.860. The van der Waals surface area contributed by atoms with Crippen LogP contribution in [-0.2, 0) is 0 Å². The summed E-state index contributed by atoms with van der Waals surface area (Å²) >= 11 is 0. The maximum absolute atomic E-state index is 10.3. The van der Waals surface area contributed by atoms with E-state index in [1.165, 1.54) is 0 Å². The number of nitro groups is 1. The minimum atomic E-state index is -0.262. The molecule has 0 spiro atoms. The van der Waals surface area contributed by atoms with Gasteiger partial charge in [0.1, 0.15) is 0 Å². The van der Waals surface area contributed by atoms with Crippen molar-refractivity contribution in [2.24, 2.45) is 11.8 Å². The van der Waals surface area contributed by atoms with Crippen molar-refractivity contribution in [3.63, 3.8) is 0 Å². The highest BCUT2D eigenvalue weighted by molar-refractivity contribution is 5.00. The molecule has 0 bridgehead atoms. The first-order chi connectivity index (χ1) is 5.11. The summed E-state index contributed by atoms with van der Waals surface area (Å²) in [6.07, 6.45) is 3.38. The molecule has 0 saturated carbocycles. The average molecular weight is 155 g/mol. The van der Waals surface area contributed by atoms with Crippen molar-refractivity contribution in [3.05, 3.63) is 21.9 Å². The lowest BCUT2D eigenvalue weighted by Gasteiger charge is -2.19. The van der Waals surface area contributed by atoms with Crippen LogP contribution in [0.15, 0.2) is 11.8 Å². The Labute approximate surface area is 66.3 Å². The molecule has 0 heterocycles. The largest absolute Gasteiger partial charge is 0.259 e. The van der Waals surface area contributed by atoms with Gasteiger partial charge in [-0.3, -0.25) is 10.1 Å². The second-order valence-electron chi connectivity index (χ2n) is 3.29. The van der Waals surface area contributed by atoms with Gasteiger partial charge in [0.05, 0.1) is 4.92 Å². The standard InChI is InChI=1S/C8H13NO2/c1-6-3-4-8(9(10)11)5-7(6)2/h5-7H,3-4H2,1-2H3. The van der Waals surface area contributed by atoms with Crippen molar-refractivity contribution in [2.75, 3.05) is 0 Å². The summed E-state index contributed by atoms with van der Waals surface area (Å²) in [6.45, 7) is 4.17. The third kappa shape index (κ3) is 1.79. The molecule has 0 aromatic heterocycles. The molecule has 3 heteroatoms. The molecule has 2 unspecified atom stereocenters. The fourth-order valence-electron chi connectivity index (χ4n) is 1.34. The summed E-state index contributed by atoms with van der Waals surface area (Å²) < 4.78 is 0. The molecule has 0 aromatic carbocycles. The van der Waals surface area contributed by atoms with Gasteiger partial charge in [-0.1, -0.05) is 13.8 Å². The molecule has 0 saturated heterocycles. The van der Waals surface area contributed by atoms with Crippen molar-refractivity contribution in [3.8, 4) is 0 Å². The van der Waals surface area contributed by atoms with Gasteiger partial charge in [0, 0.05) is 6.42 Å². The highest BCUT2D eigenvalue weighted by Crippen LogP contribution is 2.27. The molecule has 1 aliphatic carbocycles. The van der Waals surface area contributed by atoms with Crippen LogP contribution in [0.3, 0.4) is 0 Å². The van der Waals surface area contributed by atoms with E-state index in [2.05, 4.69) is 6.92 Å². The SMILES string of the molecule is CC1C=C([N+](=O)[O-])CCC1C. The lowest BCUT2D eigenvalue weighted by molar-refractivity contribution is -0.429. The number of nitrogens with zero attached hydrogens (tertiary/aromatic N) is 1. The van der Waals surface area contributed by atoms with E-state index in [0.717, 1.165) is 6.42 Å². The molecule has 1 aliphatic rings. The summed E-state index contributed by atoms with van der Waals surface area (Å²) in [4.78, 5) is 10.1. The third-order valence-corrected chi connectivity index (χ3v) is 2.44. The van der Waals surface area contributed by atoms with Crippen LogP contribution in [0.5, 0.6) is 0 Å². The highest BCUT2D eigenvalue weighted by Gasteiger charge is 2.23. The van der Waals surface area contributed by atoms with Gasteiger partial charge in [-0.05, 0) is 24.3 Å². The Balaban J connectivity index is 2.71. The van der Waals surface area contributed by atoms with Gasteiger partial charge in [-0.2, -0.15) is 0 Å². The number of allylic oxidation sites excluding steroid dienone is 2. The fourth-order valence-corrected chi connectivity index (χ4v) is 1.34. The van der Waals surface area contributed by atoms with Gasteiger partial charge >= 0.3 is 0 Å². The molecule has 0 amide bonds. The van der Waals surface area contributed by atoms with E-state index in [0.29, 0.717) is 24.0 Å². The van der Waals surface area contributed by atoms with E-state index in [1.54, 1.807) is 6.08 Å². The van der Waals surface area contributed by atoms with Crippen LogP contribution in [0.25, 0.3) is 0 Å². The van der Waals surface area contributed by atoms with Crippen molar-refractivity contribution >= 4 is 0 Å². The van der Waals surface area contributed by atoms with Crippen molar-refractivity contribution in [2.45, 2.75) is 26.7 Å². The summed E-state index contributed by atoms with van der Waals surface area (Å²) in [7, 11) is 0. The maximum Gasteiger partial charge on any atom is 0.242 e. The first kappa shape index (κ1) is 8.24. The monoisotopic (exact) mass is 155 g/mol. The van der Waals surface area contributed by atoms with Gasteiger partial charge in [0.25, 0.3) is 0 Å². The van der Waals surface area contributed by atoms with Crippen LogP contribution in [0.2, 0.25) is 0 Å². The summed E-state index contributed by atoms with van der Waals surface area (Å²) in [6, 6.07) is 0. The number of rotatable bonds is 1. The summed E-state index contributed by atoms with van der Waals surface area (Å²) in [5.41, 5.74) is 0.399. The molecular weight excluding hydrogens is 142 g/mol. The van der Waals surface area contributed by atoms with Gasteiger partial charge < -0.3 is 0 Å². The predicted molar refractivity (Wildman–Crippen MR) is 42.6 cm³/mol. The molecule has 62 valence electrons. The van der Waals surface area contributed by atoms with E-state index in [9.17, 15) is 10.1 Å². The van der Waals surface area contributed by atoms with Crippen LogP contribution in [0.4, 0.5) is 0 Å². The third-order valence-electron chi connectivity index (χ3n) is 2.44.